The van der Waals surface area contributed by atoms with Gasteiger partial charge in [-0.2, -0.15) is 8.78 Å². The first kappa shape index (κ1) is 31.2. The summed E-state index contributed by atoms with van der Waals surface area (Å²) in [6.45, 7) is 3.50. The second-order valence-corrected chi connectivity index (χ2v) is 8.96. The number of hydrogen-bond acceptors (Lipinski definition) is 1. The molecule has 1 nitrogen and oxygen atoms in total. The van der Waals surface area contributed by atoms with Crippen molar-refractivity contribution in [2.24, 2.45) is 0 Å². The highest BCUT2D eigenvalue weighted by Gasteiger charge is 2.41. The van der Waals surface area contributed by atoms with Crippen LogP contribution in [0.4, 0.5) is 48.3 Å². The van der Waals surface area contributed by atoms with E-state index in [-0.39, 0.29) is 30.7 Å². The Morgan fingerprint density at radius 3 is 1.70 bits per heavy atom. The standard InChI is InChI=1S/C31H15F11O/c1-2-3-4-15-7-20(32)19(21(33)8-15)6-5-16-9-24(36)29(25(37)10-16)31(41,42)43-18-13-22(34)28(23(35)14-18)17-11-26(38)30(40)27(39)12-17/h2,7-14H,1,3-4H2. The maximum absolute atomic E-state index is 14.8. The lowest BCUT2D eigenvalue weighted by molar-refractivity contribution is -0.189. The van der Waals surface area contributed by atoms with Crippen molar-refractivity contribution in [3.63, 3.8) is 0 Å². The molecule has 0 saturated carbocycles. The number of benzene rings is 4. The predicted octanol–water partition coefficient (Wildman–Crippen LogP) is 9.25. The molecule has 0 amide bonds. The van der Waals surface area contributed by atoms with Crippen LogP contribution in [0.25, 0.3) is 11.1 Å². The second-order valence-electron chi connectivity index (χ2n) is 8.96. The molecule has 4 aromatic rings. The average molecular weight is 612 g/mol. The number of hydrogen-bond donors (Lipinski definition) is 0. The quantitative estimate of drug-likeness (QED) is 0.0875. The Labute approximate surface area is 236 Å². The average Bonchev–Trinajstić information content (AvgIpc) is 2.88. The van der Waals surface area contributed by atoms with E-state index in [9.17, 15) is 48.3 Å². The summed E-state index contributed by atoms with van der Waals surface area (Å²) in [5.74, 6) is -12.0. The van der Waals surface area contributed by atoms with E-state index in [2.05, 4.69) is 23.2 Å². The molecule has 0 aliphatic rings. The zero-order valence-electron chi connectivity index (χ0n) is 21.4. The summed E-state index contributed by atoms with van der Waals surface area (Å²) in [6.07, 6.45) is -2.61. The van der Waals surface area contributed by atoms with Crippen molar-refractivity contribution in [3.05, 3.63) is 136 Å². The maximum atomic E-state index is 14.8. The van der Waals surface area contributed by atoms with Crippen molar-refractivity contribution in [3.8, 4) is 28.7 Å². The Bertz CT molecular complexity index is 1710. The molecular weight excluding hydrogens is 597 g/mol. The number of rotatable bonds is 7. The summed E-state index contributed by atoms with van der Waals surface area (Å²) >= 11 is 0. The lowest BCUT2D eigenvalue weighted by atomic mass is 10.0. The summed E-state index contributed by atoms with van der Waals surface area (Å²) in [6, 6.07) is 3.46. The van der Waals surface area contributed by atoms with E-state index in [4.69, 9.17) is 0 Å². The highest BCUT2D eigenvalue weighted by Crippen LogP contribution is 2.38. The molecule has 0 aliphatic heterocycles. The molecule has 0 N–H and O–H groups in total. The molecule has 0 bridgehead atoms. The minimum absolute atomic E-state index is 0.146. The Hall–Kier alpha value is -4.79. The molecule has 222 valence electrons. The van der Waals surface area contributed by atoms with E-state index in [0.29, 0.717) is 24.1 Å². The van der Waals surface area contributed by atoms with Gasteiger partial charge in [-0.05, 0) is 60.4 Å². The van der Waals surface area contributed by atoms with Gasteiger partial charge in [0.2, 0.25) is 0 Å². The molecule has 4 aromatic carbocycles. The normalized spacial score (nSPS) is 11.2. The van der Waals surface area contributed by atoms with E-state index < -0.39 is 92.0 Å². The third-order valence-corrected chi connectivity index (χ3v) is 5.94. The zero-order valence-corrected chi connectivity index (χ0v) is 21.4. The van der Waals surface area contributed by atoms with Crippen LogP contribution in [0.15, 0.2) is 61.2 Å². The number of ether oxygens (including phenoxy) is 1. The van der Waals surface area contributed by atoms with Gasteiger partial charge in [0, 0.05) is 17.7 Å². The first-order valence-corrected chi connectivity index (χ1v) is 12.0. The van der Waals surface area contributed by atoms with E-state index >= 15 is 0 Å². The fraction of sp³-hybridized carbons (Fsp3) is 0.0968. The van der Waals surface area contributed by atoms with Crippen LogP contribution >= 0.6 is 0 Å². The summed E-state index contributed by atoms with van der Waals surface area (Å²) in [5.41, 5.74) is -4.97. The summed E-state index contributed by atoms with van der Waals surface area (Å²) < 4.78 is 161. The largest absolute Gasteiger partial charge is 0.432 e. The minimum atomic E-state index is -4.88. The molecule has 43 heavy (non-hydrogen) atoms. The van der Waals surface area contributed by atoms with Gasteiger partial charge in [0.15, 0.2) is 17.5 Å². The summed E-state index contributed by atoms with van der Waals surface area (Å²) in [5, 5.41) is 0. The van der Waals surface area contributed by atoms with Gasteiger partial charge in [-0.1, -0.05) is 17.9 Å². The van der Waals surface area contributed by atoms with E-state index in [0.717, 1.165) is 12.1 Å². The van der Waals surface area contributed by atoms with Gasteiger partial charge in [0.05, 0.1) is 11.1 Å². The zero-order chi connectivity index (χ0) is 31.6. The molecule has 0 unspecified atom stereocenters. The van der Waals surface area contributed by atoms with Crippen LogP contribution < -0.4 is 4.74 Å². The van der Waals surface area contributed by atoms with Gasteiger partial charge < -0.3 is 4.74 Å². The molecular formula is C31H15F11O. The van der Waals surface area contributed by atoms with Crippen LogP contribution in [0.5, 0.6) is 5.75 Å². The van der Waals surface area contributed by atoms with Gasteiger partial charge >= 0.3 is 6.11 Å². The second kappa shape index (κ2) is 12.2. The molecule has 0 spiro atoms. The number of alkyl halides is 2. The van der Waals surface area contributed by atoms with Gasteiger partial charge in [-0.25, -0.2) is 39.5 Å². The molecule has 0 atom stereocenters. The Morgan fingerprint density at radius 1 is 0.651 bits per heavy atom. The van der Waals surface area contributed by atoms with Crippen LogP contribution in [0.3, 0.4) is 0 Å². The molecule has 0 aliphatic carbocycles. The molecule has 4 rings (SSSR count). The first-order valence-electron chi connectivity index (χ1n) is 12.0. The third kappa shape index (κ3) is 6.66. The van der Waals surface area contributed by atoms with Gasteiger partial charge in [0.1, 0.15) is 46.2 Å². The van der Waals surface area contributed by atoms with Crippen molar-refractivity contribution >= 4 is 0 Å². The van der Waals surface area contributed by atoms with Crippen molar-refractivity contribution < 1.29 is 53.0 Å². The Kier molecular flexibility index (Phi) is 8.85. The van der Waals surface area contributed by atoms with Crippen molar-refractivity contribution in [1.82, 2.24) is 0 Å². The molecule has 0 heterocycles. The van der Waals surface area contributed by atoms with Gasteiger partial charge in [0.25, 0.3) is 0 Å². The van der Waals surface area contributed by atoms with Crippen LogP contribution in [0.1, 0.15) is 28.7 Å². The van der Waals surface area contributed by atoms with Gasteiger partial charge in [-0.3, -0.25) is 0 Å². The maximum Gasteiger partial charge on any atom is 0.432 e. The van der Waals surface area contributed by atoms with E-state index in [1.54, 1.807) is 6.08 Å². The SMILES string of the molecule is C=CCCc1cc(F)c(C#Cc2cc(F)c(C(F)(F)Oc3cc(F)c(-c4cc(F)c(F)c(F)c4)c(F)c3)c(F)c2)c(F)c1. The number of allylic oxidation sites excluding steroid dienone is 1. The summed E-state index contributed by atoms with van der Waals surface area (Å²) in [7, 11) is 0. The Balaban J connectivity index is 1.62. The first-order chi connectivity index (χ1) is 20.2. The fourth-order valence-corrected chi connectivity index (χ4v) is 4.00. The van der Waals surface area contributed by atoms with Crippen LogP contribution in [0.2, 0.25) is 0 Å². The van der Waals surface area contributed by atoms with Crippen molar-refractivity contribution in [1.29, 1.82) is 0 Å². The minimum Gasteiger partial charge on any atom is -0.429 e. The molecule has 0 saturated heterocycles. The lowest BCUT2D eigenvalue weighted by Gasteiger charge is -2.20. The lowest BCUT2D eigenvalue weighted by Crippen LogP contribution is -2.25. The van der Waals surface area contributed by atoms with E-state index in [1.165, 1.54) is 0 Å². The van der Waals surface area contributed by atoms with Crippen LogP contribution in [-0.2, 0) is 12.5 Å². The Morgan fingerprint density at radius 2 is 1.19 bits per heavy atom. The topological polar surface area (TPSA) is 9.23 Å². The van der Waals surface area contributed by atoms with Crippen molar-refractivity contribution in [2.75, 3.05) is 0 Å². The van der Waals surface area contributed by atoms with Crippen molar-refractivity contribution in [2.45, 2.75) is 19.0 Å². The molecule has 0 aromatic heterocycles. The third-order valence-electron chi connectivity index (χ3n) is 5.94. The molecule has 12 heteroatoms. The van der Waals surface area contributed by atoms with E-state index in [1.807, 2.05) is 0 Å². The molecule has 0 fully saturated rings. The summed E-state index contributed by atoms with van der Waals surface area (Å²) in [4.78, 5) is 0. The smallest absolute Gasteiger partial charge is 0.429 e. The number of halogens is 11. The van der Waals surface area contributed by atoms with Crippen LogP contribution in [0, 0.1) is 64.2 Å². The highest BCUT2D eigenvalue weighted by atomic mass is 19.3. The predicted molar refractivity (Wildman–Crippen MR) is 133 cm³/mol. The molecule has 0 radical (unpaired) electrons. The monoisotopic (exact) mass is 612 g/mol. The highest BCUT2D eigenvalue weighted by molar-refractivity contribution is 5.66. The van der Waals surface area contributed by atoms with Crippen LogP contribution in [-0.4, -0.2) is 0 Å². The number of aryl methyl sites for hydroxylation is 1. The van der Waals surface area contributed by atoms with Gasteiger partial charge in [-0.15, -0.1) is 6.58 Å². The fourth-order valence-electron chi connectivity index (χ4n) is 4.00.